The summed E-state index contributed by atoms with van der Waals surface area (Å²) in [6.07, 6.45) is 7.25. The number of nitrogens with one attached hydrogen (secondary N) is 2. The van der Waals surface area contributed by atoms with E-state index in [1.807, 2.05) is 24.3 Å². The Morgan fingerprint density at radius 3 is 2.43 bits per heavy atom. The van der Waals surface area contributed by atoms with Crippen LogP contribution in [-0.4, -0.2) is 34.0 Å². The fourth-order valence-corrected chi connectivity index (χ4v) is 3.34. The van der Waals surface area contributed by atoms with Gasteiger partial charge in [-0.15, -0.1) is 13.0 Å². The number of hydrogen-bond acceptors (Lipinski definition) is 4. The molecule has 28 heavy (non-hydrogen) atoms. The van der Waals surface area contributed by atoms with Crippen LogP contribution >= 0.6 is 0 Å². The van der Waals surface area contributed by atoms with Crippen LogP contribution in [0.15, 0.2) is 66.1 Å². The summed E-state index contributed by atoms with van der Waals surface area (Å²) in [6, 6.07) is 13.2. The van der Waals surface area contributed by atoms with Crippen molar-refractivity contribution in [2.75, 3.05) is 19.7 Å². The van der Waals surface area contributed by atoms with Crippen LogP contribution < -0.4 is 14.8 Å². The lowest BCUT2D eigenvalue weighted by Gasteiger charge is -2.08. The number of sulfonamides is 1. The highest BCUT2D eigenvalue weighted by Gasteiger charge is 2.13. The van der Waals surface area contributed by atoms with E-state index < -0.39 is 10.0 Å². The van der Waals surface area contributed by atoms with Gasteiger partial charge in [0, 0.05) is 18.7 Å². The molecule has 0 spiro atoms. The molecular weight excluding hydrogens is 376 g/mol. The molecule has 0 aliphatic heterocycles. The van der Waals surface area contributed by atoms with Crippen LogP contribution in [0.2, 0.25) is 0 Å². The third kappa shape index (κ3) is 6.27. The number of amides is 1. The third-order valence-electron chi connectivity index (χ3n) is 3.79. The molecule has 2 aromatic carbocycles. The first-order valence-corrected chi connectivity index (χ1v) is 10.1. The molecule has 0 fully saturated rings. The molecule has 0 aliphatic rings. The molecule has 0 heterocycles. The number of carbonyl (C=O) groups is 1. The van der Waals surface area contributed by atoms with E-state index in [1.54, 1.807) is 0 Å². The molecule has 0 saturated heterocycles. The Morgan fingerprint density at radius 2 is 1.82 bits per heavy atom. The highest BCUT2D eigenvalue weighted by atomic mass is 32.2. The van der Waals surface area contributed by atoms with Gasteiger partial charge in [0.15, 0.2) is 0 Å². The molecule has 2 rings (SSSR count). The average molecular weight is 398 g/mol. The Kier molecular flexibility index (Phi) is 7.81. The highest BCUT2D eigenvalue weighted by molar-refractivity contribution is 7.89. The monoisotopic (exact) mass is 398 g/mol. The van der Waals surface area contributed by atoms with Gasteiger partial charge in [-0.2, -0.15) is 0 Å². The first-order chi connectivity index (χ1) is 13.5. The van der Waals surface area contributed by atoms with Crippen molar-refractivity contribution < 1.29 is 17.9 Å². The zero-order valence-corrected chi connectivity index (χ0v) is 16.2. The lowest BCUT2D eigenvalue weighted by Crippen LogP contribution is -2.26. The molecule has 6 nitrogen and oxygen atoms in total. The molecule has 1 amide bonds. The van der Waals surface area contributed by atoms with Crippen molar-refractivity contribution in [1.29, 1.82) is 0 Å². The smallest absolute Gasteiger partial charge is 0.251 e. The van der Waals surface area contributed by atoms with Gasteiger partial charge >= 0.3 is 0 Å². The van der Waals surface area contributed by atoms with Gasteiger partial charge in [-0.3, -0.25) is 4.79 Å². The van der Waals surface area contributed by atoms with Crippen molar-refractivity contribution >= 4 is 15.9 Å². The Hall–Kier alpha value is -3.08. The number of ether oxygens (including phenoxy) is 1. The second-order valence-corrected chi connectivity index (χ2v) is 7.57. The van der Waals surface area contributed by atoms with Gasteiger partial charge in [0.1, 0.15) is 12.4 Å². The number of hydrogen-bond donors (Lipinski definition) is 2. The van der Waals surface area contributed by atoms with Crippen molar-refractivity contribution in [2.24, 2.45) is 0 Å². The van der Waals surface area contributed by atoms with E-state index in [9.17, 15) is 13.2 Å². The largest absolute Gasteiger partial charge is 0.481 e. The van der Waals surface area contributed by atoms with Gasteiger partial charge in [-0.1, -0.05) is 24.1 Å². The maximum Gasteiger partial charge on any atom is 0.251 e. The number of rotatable bonds is 10. The maximum absolute atomic E-state index is 12.2. The van der Waals surface area contributed by atoms with Crippen LogP contribution in [0.1, 0.15) is 15.9 Å². The predicted octanol–water partition coefficient (Wildman–Crippen LogP) is 2.14. The Bertz CT molecular complexity index is 943. The molecule has 0 unspecified atom stereocenters. The summed E-state index contributed by atoms with van der Waals surface area (Å²) in [4.78, 5) is 12.3. The summed E-state index contributed by atoms with van der Waals surface area (Å²) < 4.78 is 31.7. The van der Waals surface area contributed by atoms with E-state index in [-0.39, 0.29) is 24.0 Å². The number of benzene rings is 2. The molecular formula is C21H22N2O4S. The van der Waals surface area contributed by atoms with E-state index in [4.69, 9.17) is 11.2 Å². The fourth-order valence-electron chi connectivity index (χ4n) is 2.34. The van der Waals surface area contributed by atoms with Gasteiger partial charge in [0.25, 0.3) is 5.91 Å². The summed E-state index contributed by atoms with van der Waals surface area (Å²) in [5.74, 6) is 2.83. The second-order valence-electron chi connectivity index (χ2n) is 5.81. The molecule has 7 heteroatoms. The second kappa shape index (κ2) is 10.3. The SMILES string of the molecule is C#CCOc1ccc(CCNC(=O)c2ccc(S(=O)(=O)NCC=C)cc2)cc1. The standard InChI is InChI=1S/C21H22N2O4S/c1-3-14-23-28(25,26)20-11-7-18(8-12-20)21(24)22-15-13-17-5-9-19(10-6-17)27-16-4-2/h2-3,5-12,23H,1,13-16H2,(H,22,24). The van der Waals surface area contributed by atoms with E-state index in [0.717, 1.165) is 5.56 Å². The van der Waals surface area contributed by atoms with Crippen LogP contribution in [-0.2, 0) is 16.4 Å². The van der Waals surface area contributed by atoms with Gasteiger partial charge in [0.2, 0.25) is 10.0 Å². The number of carbonyl (C=O) groups excluding carboxylic acids is 1. The van der Waals surface area contributed by atoms with Gasteiger partial charge in [0.05, 0.1) is 4.90 Å². The van der Waals surface area contributed by atoms with E-state index in [0.29, 0.717) is 24.3 Å². The summed E-state index contributed by atoms with van der Waals surface area (Å²) >= 11 is 0. The summed E-state index contributed by atoms with van der Waals surface area (Å²) in [7, 11) is -3.60. The molecule has 0 bridgehead atoms. The van der Waals surface area contributed by atoms with Crippen LogP contribution in [0, 0.1) is 12.3 Å². The normalized spacial score (nSPS) is 10.7. The Morgan fingerprint density at radius 1 is 1.14 bits per heavy atom. The molecule has 146 valence electrons. The minimum atomic E-state index is -3.60. The zero-order chi connectivity index (χ0) is 20.4. The minimum Gasteiger partial charge on any atom is -0.481 e. The Labute approximate surface area is 165 Å². The summed E-state index contributed by atoms with van der Waals surface area (Å²) in [6.45, 7) is 4.28. The third-order valence-corrected chi connectivity index (χ3v) is 5.23. The highest BCUT2D eigenvalue weighted by Crippen LogP contribution is 2.13. The van der Waals surface area contributed by atoms with Gasteiger partial charge < -0.3 is 10.1 Å². The van der Waals surface area contributed by atoms with E-state index in [2.05, 4.69) is 22.5 Å². The molecule has 0 saturated carbocycles. The van der Waals surface area contributed by atoms with Crippen LogP contribution in [0.4, 0.5) is 0 Å². The van der Waals surface area contributed by atoms with Crippen molar-refractivity contribution in [3.05, 3.63) is 72.3 Å². The Balaban J connectivity index is 1.86. The van der Waals surface area contributed by atoms with Crippen LogP contribution in [0.5, 0.6) is 5.75 Å². The molecule has 0 aromatic heterocycles. The predicted molar refractivity (Wildman–Crippen MR) is 109 cm³/mol. The first kappa shape index (κ1) is 21.2. The summed E-state index contributed by atoms with van der Waals surface area (Å²) in [5.41, 5.74) is 1.43. The maximum atomic E-state index is 12.2. The van der Waals surface area contributed by atoms with Gasteiger partial charge in [-0.25, -0.2) is 13.1 Å². The molecule has 2 N–H and O–H groups in total. The molecule has 0 radical (unpaired) electrons. The molecule has 0 aliphatic carbocycles. The fraction of sp³-hybridized carbons (Fsp3) is 0.190. The van der Waals surface area contributed by atoms with Crippen LogP contribution in [0.25, 0.3) is 0 Å². The zero-order valence-electron chi connectivity index (χ0n) is 15.4. The topological polar surface area (TPSA) is 84.5 Å². The van der Waals surface area contributed by atoms with Crippen molar-refractivity contribution in [1.82, 2.24) is 10.0 Å². The van der Waals surface area contributed by atoms with Crippen molar-refractivity contribution in [3.8, 4) is 18.1 Å². The lowest BCUT2D eigenvalue weighted by molar-refractivity contribution is 0.0954. The lowest BCUT2D eigenvalue weighted by atomic mass is 10.1. The van der Waals surface area contributed by atoms with Crippen LogP contribution in [0.3, 0.4) is 0 Å². The minimum absolute atomic E-state index is 0.0954. The molecule has 2 aromatic rings. The quantitative estimate of drug-likeness (QED) is 0.474. The van der Waals surface area contributed by atoms with Crippen molar-refractivity contribution in [3.63, 3.8) is 0 Å². The van der Waals surface area contributed by atoms with E-state index >= 15 is 0 Å². The molecule has 0 atom stereocenters. The summed E-state index contributed by atoms with van der Waals surface area (Å²) in [5, 5.41) is 2.81. The first-order valence-electron chi connectivity index (χ1n) is 8.60. The van der Waals surface area contributed by atoms with Gasteiger partial charge in [-0.05, 0) is 48.4 Å². The average Bonchev–Trinajstić information content (AvgIpc) is 2.71. The van der Waals surface area contributed by atoms with Crippen molar-refractivity contribution in [2.45, 2.75) is 11.3 Å². The number of terminal acetylenes is 1. The van der Waals surface area contributed by atoms with E-state index in [1.165, 1.54) is 30.3 Å².